The zero-order chi connectivity index (χ0) is 19.7. The van der Waals surface area contributed by atoms with Crippen molar-refractivity contribution in [1.82, 2.24) is 15.1 Å². The number of aromatic nitrogens is 2. The molecule has 1 amide bonds. The van der Waals surface area contributed by atoms with Crippen LogP contribution in [0.2, 0.25) is 0 Å². The molecule has 0 bridgehead atoms. The van der Waals surface area contributed by atoms with Gasteiger partial charge in [-0.05, 0) is 24.3 Å². The number of rotatable bonds is 3. The van der Waals surface area contributed by atoms with Crippen LogP contribution in [-0.4, -0.2) is 40.2 Å². The minimum atomic E-state index is -0.759. The molecule has 1 aliphatic heterocycles. The van der Waals surface area contributed by atoms with Crippen LogP contribution in [0.5, 0.6) is 5.75 Å². The van der Waals surface area contributed by atoms with Crippen molar-refractivity contribution < 1.29 is 18.3 Å². The Morgan fingerprint density at radius 3 is 2.64 bits per heavy atom. The summed E-state index contributed by atoms with van der Waals surface area (Å²) in [6.07, 6.45) is 0.633. The first-order valence-corrected chi connectivity index (χ1v) is 8.91. The number of para-hydroxylation sites is 1. The Bertz CT molecular complexity index is 1090. The Balaban J connectivity index is 1.44. The van der Waals surface area contributed by atoms with Gasteiger partial charge in [0.1, 0.15) is 11.9 Å². The van der Waals surface area contributed by atoms with E-state index in [4.69, 9.17) is 4.74 Å². The first-order chi connectivity index (χ1) is 13.5. The number of fused-ring (bicyclic) bond motifs is 1. The largest absolute Gasteiger partial charge is 0.487 e. The highest BCUT2D eigenvalue weighted by molar-refractivity contribution is 5.95. The van der Waals surface area contributed by atoms with Gasteiger partial charge in [-0.1, -0.05) is 12.1 Å². The SMILES string of the molecule is O=C(c1n[nH]c2ccccc2c1=O)N1CCC(Oc2ccc(F)cc2F)CC1. The first kappa shape index (κ1) is 18.1. The second kappa shape index (κ2) is 7.38. The molecule has 3 aromatic rings. The number of benzene rings is 2. The summed E-state index contributed by atoms with van der Waals surface area (Å²) in [4.78, 5) is 26.8. The van der Waals surface area contributed by atoms with Gasteiger partial charge in [-0.25, -0.2) is 8.78 Å². The van der Waals surface area contributed by atoms with Gasteiger partial charge in [0.15, 0.2) is 17.3 Å². The van der Waals surface area contributed by atoms with E-state index in [2.05, 4.69) is 10.2 Å². The molecule has 0 spiro atoms. The highest BCUT2D eigenvalue weighted by Crippen LogP contribution is 2.23. The molecular weight excluding hydrogens is 368 g/mol. The second-order valence-corrected chi connectivity index (χ2v) is 6.63. The number of amides is 1. The predicted molar refractivity (Wildman–Crippen MR) is 98.3 cm³/mol. The average molecular weight is 385 g/mol. The second-order valence-electron chi connectivity index (χ2n) is 6.63. The van der Waals surface area contributed by atoms with E-state index in [0.29, 0.717) is 36.8 Å². The monoisotopic (exact) mass is 385 g/mol. The van der Waals surface area contributed by atoms with Gasteiger partial charge in [-0.3, -0.25) is 14.7 Å². The maximum Gasteiger partial charge on any atom is 0.278 e. The summed E-state index contributed by atoms with van der Waals surface area (Å²) < 4.78 is 32.3. The molecule has 1 N–H and O–H groups in total. The van der Waals surface area contributed by atoms with Gasteiger partial charge in [-0.15, -0.1) is 0 Å². The van der Waals surface area contributed by atoms with Crippen molar-refractivity contribution in [3.8, 4) is 5.75 Å². The van der Waals surface area contributed by atoms with Crippen LogP contribution in [0.4, 0.5) is 8.78 Å². The number of ether oxygens (including phenoxy) is 1. The number of carbonyl (C=O) groups excluding carboxylic acids is 1. The van der Waals surface area contributed by atoms with E-state index in [1.54, 1.807) is 24.3 Å². The molecule has 1 aromatic heterocycles. The van der Waals surface area contributed by atoms with Crippen LogP contribution >= 0.6 is 0 Å². The Morgan fingerprint density at radius 2 is 1.89 bits per heavy atom. The fraction of sp³-hybridized carbons (Fsp3) is 0.250. The lowest BCUT2D eigenvalue weighted by molar-refractivity contribution is 0.0581. The van der Waals surface area contributed by atoms with Gasteiger partial charge in [0, 0.05) is 37.4 Å². The van der Waals surface area contributed by atoms with Crippen molar-refractivity contribution in [3.05, 3.63) is 70.0 Å². The Hall–Kier alpha value is -3.29. The number of nitrogens with one attached hydrogen (secondary N) is 1. The Kier molecular flexibility index (Phi) is 4.77. The average Bonchev–Trinajstić information content (AvgIpc) is 2.71. The number of hydrogen-bond acceptors (Lipinski definition) is 4. The van der Waals surface area contributed by atoms with Crippen molar-refractivity contribution >= 4 is 16.8 Å². The number of likely N-dealkylation sites (tertiary alicyclic amines) is 1. The third-order valence-corrected chi connectivity index (χ3v) is 4.79. The van der Waals surface area contributed by atoms with E-state index in [-0.39, 0.29) is 17.5 Å². The van der Waals surface area contributed by atoms with Crippen LogP contribution in [0.3, 0.4) is 0 Å². The molecule has 2 heterocycles. The maximum absolute atomic E-state index is 13.7. The summed E-state index contributed by atoms with van der Waals surface area (Å²) >= 11 is 0. The topological polar surface area (TPSA) is 75.3 Å². The first-order valence-electron chi connectivity index (χ1n) is 8.91. The minimum Gasteiger partial charge on any atom is -0.487 e. The van der Waals surface area contributed by atoms with Crippen molar-refractivity contribution in [2.24, 2.45) is 0 Å². The lowest BCUT2D eigenvalue weighted by Crippen LogP contribution is -2.43. The smallest absolute Gasteiger partial charge is 0.278 e. The molecular formula is C20H17F2N3O3. The quantitative estimate of drug-likeness (QED) is 0.752. The van der Waals surface area contributed by atoms with Crippen LogP contribution in [-0.2, 0) is 0 Å². The Labute approximate surface area is 158 Å². The molecule has 0 unspecified atom stereocenters. The van der Waals surface area contributed by atoms with Gasteiger partial charge in [-0.2, -0.15) is 5.10 Å². The lowest BCUT2D eigenvalue weighted by Gasteiger charge is -2.31. The van der Waals surface area contributed by atoms with Crippen LogP contribution < -0.4 is 10.2 Å². The normalized spacial score (nSPS) is 15.0. The molecule has 1 aliphatic rings. The maximum atomic E-state index is 13.7. The highest BCUT2D eigenvalue weighted by Gasteiger charge is 2.28. The minimum absolute atomic E-state index is 0.0150. The number of carbonyl (C=O) groups is 1. The van der Waals surface area contributed by atoms with E-state index in [1.807, 2.05) is 0 Å². The number of H-pyrrole nitrogens is 1. The third kappa shape index (κ3) is 3.45. The van der Waals surface area contributed by atoms with Gasteiger partial charge in [0.2, 0.25) is 5.43 Å². The number of halogens is 2. The van der Waals surface area contributed by atoms with Gasteiger partial charge in [0.25, 0.3) is 5.91 Å². The molecule has 6 nitrogen and oxygen atoms in total. The molecule has 0 atom stereocenters. The molecule has 1 fully saturated rings. The fourth-order valence-corrected chi connectivity index (χ4v) is 3.29. The summed E-state index contributed by atoms with van der Waals surface area (Å²) in [5, 5.41) is 7.09. The number of piperidine rings is 1. The van der Waals surface area contributed by atoms with Gasteiger partial charge >= 0.3 is 0 Å². The standard InChI is InChI=1S/C20H17F2N3O3/c21-12-5-6-17(15(22)11-12)28-13-7-9-25(10-8-13)20(27)18-19(26)14-3-1-2-4-16(14)23-24-18/h1-6,11,13H,7-10H2,(H,23,26). The fourth-order valence-electron chi connectivity index (χ4n) is 3.29. The Morgan fingerprint density at radius 1 is 1.14 bits per heavy atom. The highest BCUT2D eigenvalue weighted by atomic mass is 19.1. The summed E-state index contributed by atoms with van der Waals surface area (Å²) in [7, 11) is 0. The molecule has 0 saturated carbocycles. The molecule has 0 radical (unpaired) electrons. The molecule has 144 valence electrons. The lowest BCUT2D eigenvalue weighted by atomic mass is 10.1. The molecule has 0 aliphatic carbocycles. The van der Waals surface area contributed by atoms with E-state index >= 15 is 0 Å². The number of aromatic amines is 1. The summed E-state index contributed by atoms with van der Waals surface area (Å²) in [5.41, 5.74) is 0.00577. The molecule has 8 heteroatoms. The molecule has 4 rings (SSSR count). The van der Waals surface area contributed by atoms with Crippen molar-refractivity contribution in [3.63, 3.8) is 0 Å². The summed E-state index contributed by atoms with van der Waals surface area (Å²) in [6.45, 7) is 0.695. The van der Waals surface area contributed by atoms with E-state index in [9.17, 15) is 18.4 Å². The predicted octanol–water partition coefficient (Wildman–Crippen LogP) is 2.88. The third-order valence-electron chi connectivity index (χ3n) is 4.79. The van der Waals surface area contributed by atoms with E-state index in [1.165, 1.54) is 11.0 Å². The molecule has 28 heavy (non-hydrogen) atoms. The van der Waals surface area contributed by atoms with Crippen molar-refractivity contribution in [2.75, 3.05) is 13.1 Å². The molecule has 2 aromatic carbocycles. The van der Waals surface area contributed by atoms with Crippen LogP contribution in [0.15, 0.2) is 47.3 Å². The van der Waals surface area contributed by atoms with Crippen molar-refractivity contribution in [2.45, 2.75) is 18.9 Å². The van der Waals surface area contributed by atoms with Gasteiger partial charge < -0.3 is 9.64 Å². The van der Waals surface area contributed by atoms with E-state index < -0.39 is 23.0 Å². The number of nitrogens with zero attached hydrogens (tertiary/aromatic N) is 2. The number of hydrogen-bond donors (Lipinski definition) is 1. The summed E-state index contributed by atoms with van der Waals surface area (Å²) in [5.74, 6) is -1.89. The van der Waals surface area contributed by atoms with Crippen LogP contribution in [0.1, 0.15) is 23.3 Å². The molecule has 1 saturated heterocycles. The van der Waals surface area contributed by atoms with Crippen molar-refractivity contribution in [1.29, 1.82) is 0 Å². The zero-order valence-electron chi connectivity index (χ0n) is 14.8. The van der Waals surface area contributed by atoms with Gasteiger partial charge in [0.05, 0.1) is 5.52 Å². The van der Waals surface area contributed by atoms with Crippen LogP contribution in [0, 0.1) is 11.6 Å². The van der Waals surface area contributed by atoms with Crippen LogP contribution in [0.25, 0.3) is 10.9 Å². The van der Waals surface area contributed by atoms with E-state index in [0.717, 1.165) is 12.1 Å². The summed E-state index contributed by atoms with van der Waals surface area (Å²) in [6, 6.07) is 10.0. The zero-order valence-corrected chi connectivity index (χ0v) is 14.8.